The lowest BCUT2D eigenvalue weighted by Gasteiger charge is -2.21. The second kappa shape index (κ2) is 8.91. The Balaban J connectivity index is 2.43. The smallest absolute Gasteiger partial charge is 0.242 e. The van der Waals surface area contributed by atoms with Crippen molar-refractivity contribution in [1.82, 2.24) is 4.72 Å². The van der Waals surface area contributed by atoms with Gasteiger partial charge < -0.3 is 9.47 Å². The first-order valence-electron chi connectivity index (χ1n) is 8.76. The van der Waals surface area contributed by atoms with Crippen molar-refractivity contribution in [3.8, 4) is 11.5 Å². The molecule has 0 spiro atoms. The minimum atomic E-state index is -3.90. The summed E-state index contributed by atoms with van der Waals surface area (Å²) >= 11 is 12.3. The number of methoxy groups -OCH3 is 2. The summed E-state index contributed by atoms with van der Waals surface area (Å²) in [6, 6.07) is 6.28. The summed E-state index contributed by atoms with van der Waals surface area (Å²) in [7, 11) is -0.842. The number of nitrogens with one attached hydrogen (secondary N) is 1. The number of sulfonamides is 1. The van der Waals surface area contributed by atoms with Gasteiger partial charge in [-0.05, 0) is 60.7 Å². The van der Waals surface area contributed by atoms with Gasteiger partial charge in [0.05, 0.1) is 19.2 Å². The number of rotatable bonds is 7. The van der Waals surface area contributed by atoms with E-state index < -0.39 is 16.1 Å². The molecule has 2 aromatic rings. The minimum absolute atomic E-state index is 0.0578. The van der Waals surface area contributed by atoms with Crippen molar-refractivity contribution in [2.75, 3.05) is 14.2 Å². The summed E-state index contributed by atoms with van der Waals surface area (Å²) in [4.78, 5) is -0.0953. The van der Waals surface area contributed by atoms with Crippen LogP contribution in [0.15, 0.2) is 29.2 Å². The molecule has 5 nitrogen and oxygen atoms in total. The van der Waals surface area contributed by atoms with Crippen molar-refractivity contribution in [3.63, 3.8) is 0 Å². The average molecular weight is 446 g/mol. The van der Waals surface area contributed by atoms with Crippen LogP contribution in [0.25, 0.3) is 0 Å². The van der Waals surface area contributed by atoms with Crippen LogP contribution in [-0.2, 0) is 10.0 Å². The van der Waals surface area contributed by atoms with Crippen LogP contribution < -0.4 is 14.2 Å². The largest absolute Gasteiger partial charge is 0.496 e. The highest BCUT2D eigenvalue weighted by Gasteiger charge is 2.25. The summed E-state index contributed by atoms with van der Waals surface area (Å²) in [5.41, 5.74) is 2.80. The molecule has 0 bridgehead atoms. The number of halogens is 2. The van der Waals surface area contributed by atoms with Crippen LogP contribution in [0, 0.1) is 6.92 Å². The Kier molecular flexibility index (Phi) is 7.26. The first-order chi connectivity index (χ1) is 13.0. The molecule has 0 amide bonds. The molecule has 1 N–H and O–H groups in total. The number of hydrogen-bond acceptors (Lipinski definition) is 4. The zero-order chi connectivity index (χ0) is 21.2. The molecule has 0 saturated carbocycles. The molecule has 0 radical (unpaired) electrons. The normalized spacial score (nSPS) is 12.9. The van der Waals surface area contributed by atoms with Gasteiger partial charge in [-0.1, -0.05) is 37.0 Å². The van der Waals surface area contributed by atoms with Crippen LogP contribution in [0.4, 0.5) is 0 Å². The maximum absolute atomic E-state index is 12.9. The number of hydrogen-bond donors (Lipinski definition) is 1. The molecule has 0 aliphatic rings. The monoisotopic (exact) mass is 445 g/mol. The first kappa shape index (κ1) is 22.8. The zero-order valence-corrected chi connectivity index (χ0v) is 19.1. The van der Waals surface area contributed by atoms with E-state index in [1.807, 2.05) is 19.1 Å². The molecular formula is C20H25Cl2NO4S. The van der Waals surface area contributed by atoms with E-state index in [9.17, 15) is 8.42 Å². The standard InChI is InChI=1S/C20H25Cl2NO4S/c1-11(2)14-10-15(12(3)9-17(14)27-6)13(4)23-28(24,25)18-8-7-16(26-5)19(21)20(18)22/h7-11,13,23H,1-6H3. The number of aryl methyl sites for hydroxylation is 1. The third-order valence-corrected chi connectivity index (χ3v) is 7.12. The lowest BCUT2D eigenvalue weighted by molar-refractivity contribution is 0.406. The third-order valence-electron chi connectivity index (χ3n) is 4.56. The van der Waals surface area contributed by atoms with Crippen molar-refractivity contribution in [2.45, 2.75) is 44.6 Å². The van der Waals surface area contributed by atoms with Crippen molar-refractivity contribution >= 4 is 33.2 Å². The van der Waals surface area contributed by atoms with E-state index in [0.29, 0.717) is 5.75 Å². The van der Waals surface area contributed by atoms with Gasteiger partial charge in [-0.25, -0.2) is 13.1 Å². The SMILES string of the molecule is COc1cc(C)c(C(C)NS(=O)(=O)c2ccc(OC)c(Cl)c2Cl)cc1C(C)C. The van der Waals surface area contributed by atoms with E-state index in [0.717, 1.165) is 22.4 Å². The Morgan fingerprint density at radius 3 is 2.07 bits per heavy atom. The molecule has 8 heteroatoms. The molecule has 2 aromatic carbocycles. The second-order valence-corrected chi connectivity index (χ2v) is 9.28. The lowest BCUT2D eigenvalue weighted by atomic mass is 9.94. The third kappa shape index (κ3) is 4.57. The van der Waals surface area contributed by atoms with Gasteiger partial charge >= 0.3 is 0 Å². The van der Waals surface area contributed by atoms with Gasteiger partial charge in [-0.15, -0.1) is 0 Å². The number of benzene rings is 2. The van der Waals surface area contributed by atoms with Crippen LogP contribution in [0.5, 0.6) is 11.5 Å². The molecule has 0 aromatic heterocycles. The minimum Gasteiger partial charge on any atom is -0.496 e. The number of ether oxygens (including phenoxy) is 2. The summed E-state index contributed by atoms with van der Waals surface area (Å²) in [6.07, 6.45) is 0. The molecule has 0 aliphatic heterocycles. The molecule has 2 rings (SSSR count). The molecular weight excluding hydrogens is 421 g/mol. The van der Waals surface area contributed by atoms with Gasteiger partial charge in [0.25, 0.3) is 0 Å². The van der Waals surface area contributed by atoms with Gasteiger partial charge in [0.2, 0.25) is 10.0 Å². The molecule has 28 heavy (non-hydrogen) atoms. The van der Waals surface area contributed by atoms with Gasteiger partial charge in [0, 0.05) is 6.04 Å². The maximum Gasteiger partial charge on any atom is 0.242 e. The van der Waals surface area contributed by atoms with Gasteiger partial charge in [-0.2, -0.15) is 0 Å². The fourth-order valence-corrected chi connectivity index (χ4v) is 5.11. The second-order valence-electron chi connectivity index (χ2n) is 6.84. The van der Waals surface area contributed by atoms with E-state index in [1.165, 1.54) is 19.2 Å². The summed E-state index contributed by atoms with van der Waals surface area (Å²) < 4.78 is 39.1. The first-order valence-corrected chi connectivity index (χ1v) is 11.0. The maximum atomic E-state index is 12.9. The van der Waals surface area contributed by atoms with E-state index in [-0.39, 0.29) is 20.9 Å². The molecule has 0 saturated heterocycles. The van der Waals surface area contributed by atoms with Crippen LogP contribution in [0.3, 0.4) is 0 Å². The van der Waals surface area contributed by atoms with Crippen molar-refractivity contribution < 1.29 is 17.9 Å². The molecule has 1 atom stereocenters. The Bertz CT molecular complexity index is 975. The average Bonchev–Trinajstić information content (AvgIpc) is 2.62. The molecule has 0 aliphatic carbocycles. The topological polar surface area (TPSA) is 64.6 Å². The zero-order valence-electron chi connectivity index (χ0n) is 16.8. The van der Waals surface area contributed by atoms with Gasteiger partial charge in [-0.3, -0.25) is 0 Å². The van der Waals surface area contributed by atoms with Crippen molar-refractivity contribution in [1.29, 1.82) is 0 Å². The molecule has 154 valence electrons. The summed E-state index contributed by atoms with van der Waals surface area (Å²) in [5, 5.41) is -0.0162. The Labute approximate surface area is 177 Å². The van der Waals surface area contributed by atoms with E-state index in [1.54, 1.807) is 14.0 Å². The van der Waals surface area contributed by atoms with Crippen LogP contribution >= 0.6 is 23.2 Å². The highest BCUT2D eigenvalue weighted by molar-refractivity contribution is 7.89. The van der Waals surface area contributed by atoms with E-state index in [2.05, 4.69) is 18.6 Å². The van der Waals surface area contributed by atoms with E-state index >= 15 is 0 Å². The fourth-order valence-electron chi connectivity index (χ4n) is 3.05. The van der Waals surface area contributed by atoms with Crippen LogP contribution in [0.1, 0.15) is 49.4 Å². The van der Waals surface area contributed by atoms with Crippen LogP contribution in [-0.4, -0.2) is 22.6 Å². The summed E-state index contributed by atoms with van der Waals surface area (Å²) in [6.45, 7) is 7.83. The predicted octanol–water partition coefficient (Wildman–Crippen LogP) is 5.48. The van der Waals surface area contributed by atoms with Crippen LogP contribution in [0.2, 0.25) is 10.0 Å². The highest BCUT2D eigenvalue weighted by atomic mass is 35.5. The van der Waals surface area contributed by atoms with Gasteiger partial charge in [0.1, 0.15) is 21.4 Å². The van der Waals surface area contributed by atoms with Gasteiger partial charge in [0.15, 0.2) is 0 Å². The molecule has 1 unspecified atom stereocenters. The fraction of sp³-hybridized carbons (Fsp3) is 0.400. The van der Waals surface area contributed by atoms with E-state index in [4.69, 9.17) is 32.7 Å². The molecule has 0 fully saturated rings. The highest BCUT2D eigenvalue weighted by Crippen LogP contribution is 2.37. The Morgan fingerprint density at radius 2 is 1.54 bits per heavy atom. The predicted molar refractivity (Wildman–Crippen MR) is 114 cm³/mol. The Hall–Kier alpha value is -1.47. The molecule has 0 heterocycles. The summed E-state index contributed by atoms with van der Waals surface area (Å²) in [5.74, 6) is 1.33. The lowest BCUT2D eigenvalue weighted by Crippen LogP contribution is -2.27. The van der Waals surface area contributed by atoms with Crippen molar-refractivity contribution in [3.05, 3.63) is 51.0 Å². The Morgan fingerprint density at radius 1 is 0.929 bits per heavy atom. The quantitative estimate of drug-likeness (QED) is 0.612. The van der Waals surface area contributed by atoms with Crippen molar-refractivity contribution in [2.24, 2.45) is 0 Å².